The number of carbonyl (C=O) groups is 1. The minimum Gasteiger partial charge on any atom is -0.360 e. The molecule has 0 unspecified atom stereocenters. The molecule has 0 saturated carbocycles. The number of benzene rings is 1. The Morgan fingerprint density at radius 1 is 1.24 bits per heavy atom. The molecular weight excluding hydrogens is 392 g/mol. The Morgan fingerprint density at radius 3 is 2.59 bits per heavy atom. The van der Waals surface area contributed by atoms with Crippen molar-refractivity contribution in [1.82, 2.24) is 20.3 Å². The number of rotatable bonds is 5. The second-order valence-corrected chi connectivity index (χ2v) is 6.22. The lowest BCUT2D eigenvalue weighted by molar-refractivity contribution is -0.123. The van der Waals surface area contributed by atoms with Gasteiger partial charge >= 0.3 is 6.18 Å². The predicted molar refractivity (Wildman–Crippen MR) is 97.2 cm³/mol. The normalized spacial score (nSPS) is 11.9. The van der Waals surface area contributed by atoms with E-state index in [9.17, 15) is 22.4 Å². The van der Waals surface area contributed by atoms with Crippen LogP contribution in [0.1, 0.15) is 27.5 Å². The van der Waals surface area contributed by atoms with E-state index in [2.05, 4.69) is 10.3 Å². The summed E-state index contributed by atoms with van der Waals surface area (Å²) in [6.45, 7) is 0.275. The monoisotopic (exact) mass is 408 g/mol. The highest BCUT2D eigenvalue weighted by Crippen LogP contribution is 2.27. The molecule has 3 rings (SSSR count). The lowest BCUT2D eigenvalue weighted by Gasteiger charge is -2.07. The van der Waals surface area contributed by atoms with Crippen LogP contribution in [0, 0.1) is 12.7 Å². The summed E-state index contributed by atoms with van der Waals surface area (Å²) in [4.78, 5) is 11.9. The maximum atomic E-state index is 13.1. The molecule has 0 aliphatic carbocycles. The van der Waals surface area contributed by atoms with Crippen molar-refractivity contribution in [3.63, 3.8) is 0 Å². The summed E-state index contributed by atoms with van der Waals surface area (Å²) in [5, 5.41) is 9.89. The fraction of sp³-hybridized carbons (Fsp3) is 0.211. The van der Waals surface area contributed by atoms with E-state index in [-0.39, 0.29) is 11.5 Å². The minimum absolute atomic E-state index is 0.0188. The average molecular weight is 408 g/mol. The van der Waals surface area contributed by atoms with Crippen molar-refractivity contribution in [2.24, 2.45) is 7.05 Å². The van der Waals surface area contributed by atoms with Crippen molar-refractivity contribution in [2.45, 2.75) is 13.1 Å². The van der Waals surface area contributed by atoms with Crippen LogP contribution in [0.4, 0.5) is 17.6 Å². The van der Waals surface area contributed by atoms with Gasteiger partial charge in [0.05, 0.1) is 5.69 Å². The van der Waals surface area contributed by atoms with Gasteiger partial charge in [-0.25, -0.2) is 4.39 Å². The van der Waals surface area contributed by atoms with Gasteiger partial charge in [0.15, 0.2) is 0 Å². The van der Waals surface area contributed by atoms with Gasteiger partial charge in [0, 0.05) is 18.2 Å². The standard InChI is InChI=1S/C19H16F4N4O2/c1-11-15(17(26-29-11)12-3-5-13(20)6-4-12)8-7-14-9-16(27(2)25-14)18(28)24-10-19(21,22)23/h3-9H,10H2,1-2H3,(H,24,28). The number of alkyl halides is 3. The number of halogens is 4. The third kappa shape index (κ3) is 4.89. The van der Waals surface area contributed by atoms with Gasteiger partial charge in [-0.3, -0.25) is 9.48 Å². The predicted octanol–water partition coefficient (Wildman–Crippen LogP) is 3.99. The Kier molecular flexibility index (Phi) is 5.53. The van der Waals surface area contributed by atoms with Crippen molar-refractivity contribution in [3.05, 3.63) is 58.9 Å². The molecule has 6 nitrogen and oxygen atoms in total. The van der Waals surface area contributed by atoms with Crippen molar-refractivity contribution >= 4 is 18.1 Å². The molecule has 0 aliphatic rings. The zero-order valence-corrected chi connectivity index (χ0v) is 15.4. The smallest absolute Gasteiger partial charge is 0.360 e. The van der Waals surface area contributed by atoms with Crippen LogP contribution in [-0.4, -0.2) is 33.6 Å². The van der Waals surface area contributed by atoms with Gasteiger partial charge < -0.3 is 9.84 Å². The summed E-state index contributed by atoms with van der Waals surface area (Å²) in [5.41, 5.74) is 2.12. The van der Waals surface area contributed by atoms with Crippen LogP contribution in [0.2, 0.25) is 0 Å². The van der Waals surface area contributed by atoms with E-state index in [0.29, 0.717) is 28.3 Å². The van der Waals surface area contributed by atoms with E-state index in [0.717, 1.165) is 0 Å². The third-order valence-electron chi connectivity index (χ3n) is 4.03. The largest absolute Gasteiger partial charge is 0.405 e. The van der Waals surface area contributed by atoms with Crippen LogP contribution in [0.15, 0.2) is 34.9 Å². The van der Waals surface area contributed by atoms with Crippen molar-refractivity contribution in [2.75, 3.05) is 6.54 Å². The number of hydrogen-bond donors (Lipinski definition) is 1. The van der Waals surface area contributed by atoms with Gasteiger partial charge in [0.2, 0.25) is 0 Å². The molecule has 3 aromatic rings. The Hall–Kier alpha value is -3.43. The number of carbonyl (C=O) groups excluding carboxylic acids is 1. The quantitative estimate of drug-likeness (QED) is 0.648. The number of aryl methyl sites for hydroxylation is 2. The first kappa shape index (κ1) is 20.3. The molecule has 0 aliphatic heterocycles. The first-order chi connectivity index (χ1) is 13.6. The second-order valence-electron chi connectivity index (χ2n) is 6.22. The Bertz CT molecular complexity index is 1050. The molecule has 1 aromatic carbocycles. The molecule has 152 valence electrons. The van der Waals surface area contributed by atoms with Gasteiger partial charge in [0.25, 0.3) is 5.91 Å². The van der Waals surface area contributed by atoms with Crippen molar-refractivity contribution in [3.8, 4) is 11.3 Å². The summed E-state index contributed by atoms with van der Waals surface area (Å²) in [5.74, 6) is -0.749. The number of amides is 1. The molecule has 0 saturated heterocycles. The molecule has 10 heteroatoms. The summed E-state index contributed by atoms with van der Waals surface area (Å²) < 4.78 is 56.3. The van der Waals surface area contributed by atoms with E-state index < -0.39 is 18.6 Å². The van der Waals surface area contributed by atoms with Crippen LogP contribution < -0.4 is 5.32 Å². The third-order valence-corrected chi connectivity index (χ3v) is 4.03. The van der Waals surface area contributed by atoms with Crippen LogP contribution in [0.25, 0.3) is 23.4 Å². The van der Waals surface area contributed by atoms with Gasteiger partial charge in [-0.05, 0) is 49.4 Å². The number of nitrogens with one attached hydrogen (secondary N) is 1. The molecule has 2 aromatic heterocycles. The van der Waals surface area contributed by atoms with Crippen molar-refractivity contribution in [1.29, 1.82) is 0 Å². The summed E-state index contributed by atoms with van der Waals surface area (Å²) in [7, 11) is 1.45. The van der Waals surface area contributed by atoms with Gasteiger partial charge in [-0.15, -0.1) is 0 Å². The number of nitrogens with zero attached hydrogens (tertiary/aromatic N) is 3. The molecule has 0 atom stereocenters. The highest BCUT2D eigenvalue weighted by atomic mass is 19.4. The van der Waals surface area contributed by atoms with Crippen molar-refractivity contribution < 1.29 is 26.9 Å². The molecule has 1 N–H and O–H groups in total. The molecule has 29 heavy (non-hydrogen) atoms. The summed E-state index contributed by atoms with van der Waals surface area (Å²) in [6.07, 6.45) is -1.27. The SMILES string of the molecule is Cc1onc(-c2ccc(F)cc2)c1C=Cc1cc(C(=O)NCC(F)(F)F)n(C)n1. The van der Waals surface area contributed by atoms with Crippen LogP contribution in [0.3, 0.4) is 0 Å². The maximum Gasteiger partial charge on any atom is 0.405 e. The van der Waals surface area contributed by atoms with Gasteiger partial charge in [-0.2, -0.15) is 18.3 Å². The zero-order chi connectivity index (χ0) is 21.2. The molecule has 2 heterocycles. The first-order valence-electron chi connectivity index (χ1n) is 8.43. The molecule has 1 amide bonds. The Morgan fingerprint density at radius 2 is 1.93 bits per heavy atom. The van der Waals surface area contributed by atoms with E-state index in [1.165, 1.54) is 29.9 Å². The van der Waals surface area contributed by atoms with E-state index in [1.807, 2.05) is 0 Å². The van der Waals surface area contributed by atoms with Crippen LogP contribution >= 0.6 is 0 Å². The minimum atomic E-state index is -4.50. The molecule has 0 radical (unpaired) electrons. The zero-order valence-electron chi connectivity index (χ0n) is 15.4. The Balaban J connectivity index is 1.82. The fourth-order valence-corrected chi connectivity index (χ4v) is 2.61. The summed E-state index contributed by atoms with van der Waals surface area (Å²) >= 11 is 0. The molecular formula is C19H16F4N4O2. The van der Waals surface area contributed by atoms with E-state index >= 15 is 0 Å². The van der Waals surface area contributed by atoms with Gasteiger partial charge in [0.1, 0.15) is 29.5 Å². The molecule has 0 fully saturated rings. The lowest BCUT2D eigenvalue weighted by Crippen LogP contribution is -2.34. The number of aromatic nitrogens is 3. The number of hydrogen-bond acceptors (Lipinski definition) is 4. The molecule has 0 spiro atoms. The highest BCUT2D eigenvalue weighted by molar-refractivity contribution is 5.93. The van der Waals surface area contributed by atoms with E-state index in [1.54, 1.807) is 36.5 Å². The Labute approximate surface area is 162 Å². The maximum absolute atomic E-state index is 13.1. The fourth-order valence-electron chi connectivity index (χ4n) is 2.61. The van der Waals surface area contributed by atoms with Crippen LogP contribution in [0.5, 0.6) is 0 Å². The van der Waals surface area contributed by atoms with Crippen LogP contribution in [-0.2, 0) is 7.05 Å². The highest BCUT2D eigenvalue weighted by Gasteiger charge is 2.28. The van der Waals surface area contributed by atoms with Gasteiger partial charge in [-0.1, -0.05) is 5.16 Å². The van der Waals surface area contributed by atoms with E-state index in [4.69, 9.17) is 4.52 Å². The first-order valence-corrected chi connectivity index (χ1v) is 8.43. The average Bonchev–Trinajstić information content (AvgIpc) is 3.20. The second kappa shape index (κ2) is 7.90. The molecule has 0 bridgehead atoms. The lowest BCUT2D eigenvalue weighted by atomic mass is 10.1. The summed E-state index contributed by atoms with van der Waals surface area (Å²) in [6, 6.07) is 7.10. The topological polar surface area (TPSA) is 73.0 Å².